The lowest BCUT2D eigenvalue weighted by Gasteiger charge is -2.21. The van der Waals surface area contributed by atoms with E-state index in [-0.39, 0.29) is 6.61 Å². The first-order valence-electron chi connectivity index (χ1n) is 11.5. The molecule has 1 aliphatic carbocycles. The van der Waals surface area contributed by atoms with Crippen LogP contribution < -0.4 is 15.0 Å². The lowest BCUT2D eigenvalue weighted by Crippen LogP contribution is -2.45. The summed E-state index contributed by atoms with van der Waals surface area (Å²) in [7, 11) is 1.63. The van der Waals surface area contributed by atoms with Gasteiger partial charge in [-0.3, -0.25) is 4.90 Å². The molecular formula is C26H36N2O4. The van der Waals surface area contributed by atoms with E-state index < -0.39 is 18.0 Å². The molecule has 2 amide bonds. The maximum Gasteiger partial charge on any atom is 0.328 e. The van der Waals surface area contributed by atoms with Gasteiger partial charge in [0.2, 0.25) is 0 Å². The summed E-state index contributed by atoms with van der Waals surface area (Å²) in [5.74, 6) is 0.193. The first kappa shape index (κ1) is 25.2. The molecule has 32 heavy (non-hydrogen) atoms. The predicted molar refractivity (Wildman–Crippen MR) is 128 cm³/mol. The van der Waals surface area contributed by atoms with Gasteiger partial charge in [0.25, 0.3) is 0 Å². The normalized spacial score (nSPS) is 13.7. The van der Waals surface area contributed by atoms with E-state index >= 15 is 0 Å². The Morgan fingerprint density at radius 1 is 0.969 bits per heavy atom. The number of ether oxygens (including phenoxy) is 2. The van der Waals surface area contributed by atoms with Gasteiger partial charge in [0.05, 0.1) is 6.61 Å². The number of hydrogen-bond donors (Lipinski definition) is 1. The van der Waals surface area contributed by atoms with Crippen LogP contribution in [0.25, 0.3) is 0 Å². The van der Waals surface area contributed by atoms with Crippen molar-refractivity contribution in [2.24, 2.45) is 0 Å². The minimum absolute atomic E-state index is 0.273. The van der Waals surface area contributed by atoms with Gasteiger partial charge in [0.1, 0.15) is 18.4 Å². The fourth-order valence-corrected chi connectivity index (χ4v) is 3.31. The Morgan fingerprint density at radius 2 is 1.59 bits per heavy atom. The van der Waals surface area contributed by atoms with E-state index in [0.29, 0.717) is 18.0 Å². The van der Waals surface area contributed by atoms with E-state index in [4.69, 9.17) is 9.47 Å². The van der Waals surface area contributed by atoms with Crippen LogP contribution >= 0.6 is 0 Å². The van der Waals surface area contributed by atoms with Gasteiger partial charge in [-0.15, -0.1) is 0 Å². The number of benzene rings is 2. The Balaban J connectivity index is 0.000000520. The van der Waals surface area contributed by atoms with Crippen molar-refractivity contribution in [3.63, 3.8) is 0 Å². The number of esters is 1. The number of amides is 2. The summed E-state index contributed by atoms with van der Waals surface area (Å²) in [5.41, 5.74) is 1.72. The lowest BCUT2D eigenvalue weighted by molar-refractivity contribution is -0.144. The summed E-state index contributed by atoms with van der Waals surface area (Å²) >= 11 is 0. The molecule has 0 aromatic heterocycles. The number of hydrogen-bond acceptors (Lipinski definition) is 4. The average Bonchev–Trinajstić information content (AvgIpc) is 2.84. The fourth-order valence-electron chi connectivity index (χ4n) is 3.31. The highest BCUT2D eigenvalue weighted by molar-refractivity contribution is 5.94. The molecule has 3 rings (SSSR count). The molecule has 0 aliphatic heterocycles. The standard InChI is InChI=1S/C20H24N2O4.C6H12/c1-4-25-19(23)15(2)21-20(24)22(3)17-11-8-12-18(13-17)26-14-16-9-6-5-7-10-16;1-2-4-6-5-3-1/h5-13,15H,4,14H2,1-3H3,(H,21,24);1-6H2. The van der Waals surface area contributed by atoms with E-state index in [9.17, 15) is 9.59 Å². The number of nitrogens with one attached hydrogen (secondary N) is 1. The van der Waals surface area contributed by atoms with Crippen LogP contribution in [0, 0.1) is 0 Å². The van der Waals surface area contributed by atoms with E-state index in [2.05, 4.69) is 5.32 Å². The third-order valence-corrected chi connectivity index (χ3v) is 5.24. The van der Waals surface area contributed by atoms with Gasteiger partial charge in [-0.05, 0) is 31.5 Å². The van der Waals surface area contributed by atoms with Gasteiger partial charge < -0.3 is 14.8 Å². The summed E-state index contributed by atoms with van der Waals surface area (Å²) in [6.45, 7) is 4.03. The molecule has 0 radical (unpaired) electrons. The van der Waals surface area contributed by atoms with Crippen molar-refractivity contribution in [2.45, 2.75) is 65.0 Å². The molecular weight excluding hydrogens is 404 g/mol. The highest BCUT2D eigenvalue weighted by Crippen LogP contribution is 2.21. The summed E-state index contributed by atoms with van der Waals surface area (Å²) in [6, 6.07) is 15.9. The largest absolute Gasteiger partial charge is 0.489 e. The van der Waals surface area contributed by atoms with Crippen LogP contribution in [0.5, 0.6) is 5.75 Å². The van der Waals surface area contributed by atoms with Crippen LogP contribution in [0.3, 0.4) is 0 Å². The van der Waals surface area contributed by atoms with Crippen LogP contribution in [0.1, 0.15) is 57.9 Å². The number of rotatable bonds is 7. The SMILES string of the molecule is C1CCCCC1.CCOC(=O)C(C)NC(=O)N(C)c1cccc(OCc2ccccc2)c1. The monoisotopic (exact) mass is 440 g/mol. The molecule has 1 fully saturated rings. The molecule has 174 valence electrons. The maximum atomic E-state index is 12.3. The zero-order chi connectivity index (χ0) is 23.2. The number of nitrogens with zero attached hydrogens (tertiary/aromatic N) is 1. The molecule has 1 N–H and O–H groups in total. The Bertz CT molecular complexity index is 810. The van der Waals surface area contributed by atoms with Gasteiger partial charge in [-0.2, -0.15) is 0 Å². The molecule has 2 aromatic rings. The number of anilines is 1. The molecule has 0 heterocycles. The lowest BCUT2D eigenvalue weighted by atomic mass is 10.0. The number of carbonyl (C=O) groups excluding carboxylic acids is 2. The van der Waals surface area contributed by atoms with Crippen LogP contribution in [0.15, 0.2) is 54.6 Å². The first-order chi connectivity index (χ1) is 15.5. The van der Waals surface area contributed by atoms with E-state index in [1.54, 1.807) is 33.0 Å². The van der Waals surface area contributed by atoms with Crippen LogP contribution in [-0.2, 0) is 16.1 Å². The summed E-state index contributed by atoms with van der Waals surface area (Å²) < 4.78 is 10.7. The Labute approximate surface area is 191 Å². The van der Waals surface area contributed by atoms with Gasteiger partial charge in [-0.1, -0.05) is 74.9 Å². The number of urea groups is 1. The highest BCUT2D eigenvalue weighted by atomic mass is 16.5. The van der Waals surface area contributed by atoms with E-state index in [0.717, 1.165) is 5.56 Å². The second kappa shape index (κ2) is 14.1. The molecule has 6 nitrogen and oxygen atoms in total. The zero-order valence-electron chi connectivity index (χ0n) is 19.5. The van der Waals surface area contributed by atoms with Crippen molar-refractivity contribution in [3.05, 3.63) is 60.2 Å². The van der Waals surface area contributed by atoms with Crippen molar-refractivity contribution in [2.75, 3.05) is 18.6 Å². The quantitative estimate of drug-likeness (QED) is 0.561. The van der Waals surface area contributed by atoms with Gasteiger partial charge in [0, 0.05) is 18.8 Å². The summed E-state index contributed by atoms with van der Waals surface area (Å²) in [6.07, 6.45) is 9.00. The van der Waals surface area contributed by atoms with Crippen molar-refractivity contribution >= 4 is 17.7 Å². The predicted octanol–water partition coefficient (Wildman–Crippen LogP) is 5.70. The molecule has 2 aromatic carbocycles. The molecule has 0 bridgehead atoms. The fraction of sp³-hybridized carbons (Fsp3) is 0.462. The van der Waals surface area contributed by atoms with Crippen molar-refractivity contribution in [1.82, 2.24) is 5.32 Å². The Morgan fingerprint density at radius 3 is 2.19 bits per heavy atom. The topological polar surface area (TPSA) is 67.9 Å². The van der Waals surface area contributed by atoms with Crippen molar-refractivity contribution < 1.29 is 19.1 Å². The number of carbonyl (C=O) groups is 2. The van der Waals surface area contributed by atoms with Crippen molar-refractivity contribution in [3.8, 4) is 5.75 Å². The third kappa shape index (κ3) is 9.00. The zero-order valence-corrected chi connectivity index (χ0v) is 19.5. The molecule has 1 unspecified atom stereocenters. The molecule has 0 spiro atoms. The third-order valence-electron chi connectivity index (χ3n) is 5.24. The molecule has 1 atom stereocenters. The van der Waals surface area contributed by atoms with E-state index in [1.165, 1.54) is 43.4 Å². The Kier molecular flexibility index (Phi) is 11.1. The van der Waals surface area contributed by atoms with Crippen molar-refractivity contribution in [1.29, 1.82) is 0 Å². The minimum Gasteiger partial charge on any atom is -0.489 e. The second-order valence-electron chi connectivity index (χ2n) is 7.88. The molecule has 1 aliphatic rings. The average molecular weight is 441 g/mol. The molecule has 0 saturated heterocycles. The summed E-state index contributed by atoms with van der Waals surface area (Å²) in [5, 5.41) is 2.61. The minimum atomic E-state index is -0.720. The van der Waals surface area contributed by atoms with Crippen LogP contribution in [0.4, 0.5) is 10.5 Å². The second-order valence-corrected chi connectivity index (χ2v) is 7.88. The summed E-state index contributed by atoms with van der Waals surface area (Å²) in [4.78, 5) is 25.4. The smallest absolute Gasteiger partial charge is 0.328 e. The van der Waals surface area contributed by atoms with Crippen LogP contribution in [0.2, 0.25) is 0 Å². The van der Waals surface area contributed by atoms with Crippen LogP contribution in [-0.4, -0.2) is 31.7 Å². The molecule has 6 heteroatoms. The van der Waals surface area contributed by atoms with E-state index in [1.807, 2.05) is 42.5 Å². The van der Waals surface area contributed by atoms with Gasteiger partial charge in [-0.25, -0.2) is 9.59 Å². The molecule has 1 saturated carbocycles. The highest BCUT2D eigenvalue weighted by Gasteiger charge is 2.19. The van der Waals surface area contributed by atoms with Gasteiger partial charge in [0.15, 0.2) is 0 Å². The Hall–Kier alpha value is -3.02. The van der Waals surface area contributed by atoms with Gasteiger partial charge >= 0.3 is 12.0 Å². The maximum absolute atomic E-state index is 12.3. The first-order valence-corrected chi connectivity index (χ1v) is 11.5.